The minimum Gasteiger partial charge on any atom is -0.478 e. The zero-order chi connectivity index (χ0) is 19.9. The summed E-state index contributed by atoms with van der Waals surface area (Å²) >= 11 is 0. The molecule has 4 heteroatoms. The monoisotopic (exact) mass is 370 g/mol. The summed E-state index contributed by atoms with van der Waals surface area (Å²) in [4.78, 5) is 22.0. The Kier molecular flexibility index (Phi) is 5.82. The van der Waals surface area contributed by atoms with E-state index in [4.69, 9.17) is 10.2 Å². The summed E-state index contributed by atoms with van der Waals surface area (Å²) in [7, 11) is 0. The van der Waals surface area contributed by atoms with Crippen LogP contribution in [0.2, 0.25) is 0 Å². The van der Waals surface area contributed by atoms with Crippen LogP contribution in [-0.2, 0) is 0 Å². The minimum absolute atomic E-state index is 0.259. The van der Waals surface area contributed by atoms with Gasteiger partial charge in [0.2, 0.25) is 0 Å². The maximum atomic E-state index is 11.0. The van der Waals surface area contributed by atoms with Gasteiger partial charge >= 0.3 is 11.9 Å². The zero-order valence-electron chi connectivity index (χ0n) is 14.9. The van der Waals surface area contributed by atoms with Crippen molar-refractivity contribution in [2.24, 2.45) is 0 Å². The third-order valence-corrected chi connectivity index (χ3v) is 4.14. The number of hydrogen-bond donors (Lipinski definition) is 2. The van der Waals surface area contributed by atoms with E-state index in [0.29, 0.717) is 0 Å². The molecular formula is C24H18O4. The van der Waals surface area contributed by atoms with Gasteiger partial charge in [0.25, 0.3) is 0 Å². The van der Waals surface area contributed by atoms with Crippen molar-refractivity contribution in [3.8, 4) is 0 Å². The predicted molar refractivity (Wildman–Crippen MR) is 111 cm³/mol. The van der Waals surface area contributed by atoms with Crippen molar-refractivity contribution >= 4 is 36.2 Å². The summed E-state index contributed by atoms with van der Waals surface area (Å²) in [6.45, 7) is 0. The molecule has 0 unspecified atom stereocenters. The summed E-state index contributed by atoms with van der Waals surface area (Å²) < 4.78 is 0. The number of carboxylic acids is 2. The molecule has 0 saturated carbocycles. The molecule has 0 fully saturated rings. The van der Waals surface area contributed by atoms with E-state index < -0.39 is 11.9 Å². The van der Waals surface area contributed by atoms with Crippen LogP contribution >= 0.6 is 0 Å². The van der Waals surface area contributed by atoms with Crippen LogP contribution < -0.4 is 0 Å². The molecule has 0 aromatic heterocycles. The Morgan fingerprint density at radius 2 is 0.893 bits per heavy atom. The molecule has 0 saturated heterocycles. The van der Waals surface area contributed by atoms with Crippen molar-refractivity contribution in [3.63, 3.8) is 0 Å². The average molecular weight is 370 g/mol. The quantitative estimate of drug-likeness (QED) is 0.568. The van der Waals surface area contributed by atoms with Gasteiger partial charge in [-0.1, -0.05) is 72.8 Å². The van der Waals surface area contributed by atoms with Crippen LogP contribution in [0, 0.1) is 0 Å². The van der Waals surface area contributed by atoms with E-state index in [1.807, 2.05) is 60.7 Å². The van der Waals surface area contributed by atoms with E-state index in [0.717, 1.165) is 22.3 Å². The maximum absolute atomic E-state index is 11.0. The molecule has 0 aliphatic heterocycles. The molecule has 0 radical (unpaired) electrons. The molecule has 3 rings (SSSR count). The second-order valence-electron chi connectivity index (χ2n) is 6.19. The van der Waals surface area contributed by atoms with Gasteiger partial charge in [-0.2, -0.15) is 0 Å². The molecular weight excluding hydrogens is 352 g/mol. The largest absolute Gasteiger partial charge is 0.478 e. The Hall–Kier alpha value is -3.92. The highest BCUT2D eigenvalue weighted by molar-refractivity contribution is 5.89. The van der Waals surface area contributed by atoms with Crippen LogP contribution in [0.1, 0.15) is 43.0 Å². The van der Waals surface area contributed by atoms with Gasteiger partial charge in [0, 0.05) is 0 Å². The van der Waals surface area contributed by atoms with Crippen molar-refractivity contribution in [1.82, 2.24) is 0 Å². The van der Waals surface area contributed by atoms with Crippen molar-refractivity contribution in [1.29, 1.82) is 0 Å². The summed E-state index contributed by atoms with van der Waals surface area (Å²) in [6, 6.07) is 21.4. The second kappa shape index (κ2) is 8.64. The van der Waals surface area contributed by atoms with Crippen molar-refractivity contribution in [3.05, 3.63) is 106 Å². The summed E-state index contributed by atoms with van der Waals surface area (Å²) in [5.74, 6) is -1.89. The Bertz CT molecular complexity index is 973. The summed E-state index contributed by atoms with van der Waals surface area (Å²) in [6.07, 6.45) is 7.58. The first kappa shape index (κ1) is 18.9. The lowest BCUT2D eigenvalue weighted by molar-refractivity contribution is 0.0686. The Labute approximate surface area is 162 Å². The Morgan fingerprint density at radius 3 is 1.25 bits per heavy atom. The second-order valence-corrected chi connectivity index (χ2v) is 6.19. The number of carbonyl (C=O) groups is 2. The number of hydrogen-bond acceptors (Lipinski definition) is 2. The van der Waals surface area contributed by atoms with Gasteiger partial charge in [-0.25, -0.2) is 9.59 Å². The molecule has 0 bridgehead atoms. The van der Waals surface area contributed by atoms with E-state index in [1.54, 1.807) is 36.4 Å². The molecule has 0 spiro atoms. The lowest BCUT2D eigenvalue weighted by Gasteiger charge is -1.99. The number of aromatic carboxylic acids is 2. The van der Waals surface area contributed by atoms with Gasteiger partial charge in [-0.05, 0) is 46.5 Å². The first-order valence-electron chi connectivity index (χ1n) is 8.64. The smallest absolute Gasteiger partial charge is 0.335 e. The molecule has 0 aliphatic carbocycles. The number of benzene rings is 3. The Balaban J connectivity index is 1.70. The lowest BCUT2D eigenvalue weighted by Crippen LogP contribution is -1.95. The van der Waals surface area contributed by atoms with Crippen LogP contribution in [0.3, 0.4) is 0 Å². The van der Waals surface area contributed by atoms with Crippen LogP contribution in [0.25, 0.3) is 24.3 Å². The number of rotatable bonds is 6. The molecule has 138 valence electrons. The highest BCUT2D eigenvalue weighted by atomic mass is 16.4. The predicted octanol–water partition coefficient (Wildman–Crippen LogP) is 5.42. The first-order valence-corrected chi connectivity index (χ1v) is 8.64. The zero-order valence-corrected chi connectivity index (χ0v) is 14.9. The Morgan fingerprint density at radius 1 is 0.536 bits per heavy atom. The van der Waals surface area contributed by atoms with Gasteiger partial charge in [-0.15, -0.1) is 0 Å². The standard InChI is InChI=1S/C24H18O4/c25-23(26)21-5-1-3-19(15-21)13-11-17-7-9-18(10-8-17)12-14-20-4-2-6-22(16-20)24(27)28/h1-16H,(H,25,26)(H,27,28). The van der Waals surface area contributed by atoms with Gasteiger partial charge < -0.3 is 10.2 Å². The van der Waals surface area contributed by atoms with Crippen LogP contribution in [0.5, 0.6) is 0 Å². The molecule has 3 aromatic rings. The third kappa shape index (κ3) is 5.05. The average Bonchev–Trinajstić information content (AvgIpc) is 2.72. The van der Waals surface area contributed by atoms with E-state index in [2.05, 4.69) is 0 Å². The molecule has 28 heavy (non-hydrogen) atoms. The summed E-state index contributed by atoms with van der Waals surface area (Å²) in [5, 5.41) is 18.1. The minimum atomic E-state index is -0.944. The molecule has 3 aromatic carbocycles. The lowest BCUT2D eigenvalue weighted by atomic mass is 10.1. The van der Waals surface area contributed by atoms with Crippen molar-refractivity contribution in [2.75, 3.05) is 0 Å². The van der Waals surface area contributed by atoms with Gasteiger partial charge in [-0.3, -0.25) is 0 Å². The highest BCUT2D eigenvalue weighted by Gasteiger charge is 2.02. The highest BCUT2D eigenvalue weighted by Crippen LogP contribution is 2.14. The fraction of sp³-hybridized carbons (Fsp3) is 0. The molecule has 0 atom stereocenters. The molecule has 0 amide bonds. The van der Waals surface area contributed by atoms with Gasteiger partial charge in [0.1, 0.15) is 0 Å². The van der Waals surface area contributed by atoms with Gasteiger partial charge in [0.15, 0.2) is 0 Å². The van der Waals surface area contributed by atoms with Crippen molar-refractivity contribution < 1.29 is 19.8 Å². The SMILES string of the molecule is O=C(O)c1cccc(C=Cc2ccc(C=Cc3cccc(C(=O)O)c3)cc2)c1. The van der Waals surface area contributed by atoms with Crippen LogP contribution in [-0.4, -0.2) is 22.2 Å². The van der Waals surface area contributed by atoms with E-state index >= 15 is 0 Å². The summed E-state index contributed by atoms with van der Waals surface area (Å²) in [5.41, 5.74) is 4.14. The fourth-order valence-corrected chi connectivity index (χ4v) is 2.65. The third-order valence-electron chi connectivity index (χ3n) is 4.14. The molecule has 2 N–H and O–H groups in total. The van der Waals surface area contributed by atoms with Crippen LogP contribution in [0.15, 0.2) is 72.8 Å². The van der Waals surface area contributed by atoms with Crippen molar-refractivity contribution in [2.45, 2.75) is 0 Å². The van der Waals surface area contributed by atoms with E-state index in [1.165, 1.54) is 0 Å². The first-order chi connectivity index (χ1) is 13.5. The maximum Gasteiger partial charge on any atom is 0.335 e. The van der Waals surface area contributed by atoms with E-state index in [-0.39, 0.29) is 11.1 Å². The normalized spacial score (nSPS) is 11.1. The molecule has 0 aliphatic rings. The molecule has 0 heterocycles. The number of carboxylic acid groups (broad SMARTS) is 2. The van der Waals surface area contributed by atoms with E-state index in [9.17, 15) is 9.59 Å². The fourth-order valence-electron chi connectivity index (χ4n) is 2.65. The topological polar surface area (TPSA) is 74.6 Å². The van der Waals surface area contributed by atoms with Gasteiger partial charge in [0.05, 0.1) is 11.1 Å². The van der Waals surface area contributed by atoms with Crippen LogP contribution in [0.4, 0.5) is 0 Å². The molecule has 4 nitrogen and oxygen atoms in total.